The highest BCUT2D eigenvalue weighted by atomic mass is 16.6. The molecule has 7 heteroatoms. The van der Waals surface area contributed by atoms with Crippen molar-refractivity contribution in [1.82, 2.24) is 9.80 Å². The van der Waals surface area contributed by atoms with Crippen LogP contribution in [0.3, 0.4) is 0 Å². The van der Waals surface area contributed by atoms with Crippen LogP contribution in [0.2, 0.25) is 0 Å². The van der Waals surface area contributed by atoms with Gasteiger partial charge in [-0.1, -0.05) is 12.1 Å². The molecule has 0 aromatic heterocycles. The molecule has 144 valence electrons. The number of guanidine groups is 1. The molecule has 0 radical (unpaired) electrons. The van der Waals surface area contributed by atoms with E-state index in [4.69, 9.17) is 15.2 Å². The summed E-state index contributed by atoms with van der Waals surface area (Å²) < 4.78 is 10.8. The molecule has 7 nitrogen and oxygen atoms in total. The standard InChI is InChI=1S/C19H30N4O3/c1-14-6-7-15(16(12-14)25-5)13-21-17(20)22-8-10-23(11-9-22)18(24)26-19(2,3)4/h6-7,12H,8-11,13H2,1-5H3,(H2,20,21). The predicted octanol–water partition coefficient (Wildman–Crippen LogP) is 2.37. The lowest BCUT2D eigenvalue weighted by atomic mass is 10.1. The average Bonchev–Trinajstić information content (AvgIpc) is 2.59. The van der Waals surface area contributed by atoms with Crippen LogP contribution in [0.25, 0.3) is 0 Å². The summed E-state index contributed by atoms with van der Waals surface area (Å²) in [6.45, 7) is 10.5. The van der Waals surface area contributed by atoms with Crippen LogP contribution in [0.1, 0.15) is 31.9 Å². The quantitative estimate of drug-likeness (QED) is 0.659. The van der Waals surface area contributed by atoms with E-state index in [0.717, 1.165) is 16.9 Å². The third-order valence-corrected chi connectivity index (χ3v) is 4.11. The summed E-state index contributed by atoms with van der Waals surface area (Å²) in [7, 11) is 1.65. The summed E-state index contributed by atoms with van der Waals surface area (Å²) in [5.74, 6) is 1.30. The van der Waals surface area contributed by atoms with Gasteiger partial charge in [-0.2, -0.15) is 0 Å². The molecule has 2 rings (SSSR count). The van der Waals surface area contributed by atoms with Gasteiger partial charge in [0.1, 0.15) is 11.4 Å². The number of methoxy groups -OCH3 is 1. The van der Waals surface area contributed by atoms with Crippen molar-refractivity contribution in [3.63, 3.8) is 0 Å². The maximum Gasteiger partial charge on any atom is 0.410 e. The largest absolute Gasteiger partial charge is 0.496 e. The number of carbonyl (C=O) groups excluding carboxylic acids is 1. The number of hydrogen-bond acceptors (Lipinski definition) is 4. The molecule has 0 unspecified atom stereocenters. The smallest absolute Gasteiger partial charge is 0.410 e. The number of nitrogens with two attached hydrogens (primary N) is 1. The lowest BCUT2D eigenvalue weighted by molar-refractivity contribution is 0.0186. The lowest BCUT2D eigenvalue weighted by Crippen LogP contribution is -2.53. The highest BCUT2D eigenvalue weighted by Crippen LogP contribution is 2.20. The molecule has 1 aromatic carbocycles. The van der Waals surface area contributed by atoms with Crippen molar-refractivity contribution in [1.29, 1.82) is 0 Å². The zero-order valence-electron chi connectivity index (χ0n) is 16.4. The fraction of sp³-hybridized carbons (Fsp3) is 0.579. The van der Waals surface area contributed by atoms with Crippen LogP contribution in [0.5, 0.6) is 5.75 Å². The molecule has 0 aliphatic carbocycles. The molecule has 2 N–H and O–H groups in total. The Labute approximate surface area is 155 Å². The van der Waals surface area contributed by atoms with Gasteiger partial charge in [0.05, 0.1) is 13.7 Å². The fourth-order valence-corrected chi connectivity index (χ4v) is 2.69. The van der Waals surface area contributed by atoms with Gasteiger partial charge in [0.15, 0.2) is 5.96 Å². The predicted molar refractivity (Wildman–Crippen MR) is 102 cm³/mol. The van der Waals surface area contributed by atoms with Gasteiger partial charge in [-0.15, -0.1) is 0 Å². The zero-order valence-corrected chi connectivity index (χ0v) is 16.4. The number of rotatable bonds is 3. The molecule has 0 spiro atoms. The number of aryl methyl sites for hydroxylation is 1. The Morgan fingerprint density at radius 1 is 1.19 bits per heavy atom. The van der Waals surface area contributed by atoms with Gasteiger partial charge in [-0.3, -0.25) is 0 Å². The molecular formula is C19H30N4O3. The van der Waals surface area contributed by atoms with Gasteiger partial charge in [-0.05, 0) is 39.3 Å². The molecule has 0 bridgehead atoms. The van der Waals surface area contributed by atoms with E-state index in [9.17, 15) is 4.79 Å². The number of benzene rings is 1. The molecule has 1 saturated heterocycles. The highest BCUT2D eigenvalue weighted by Gasteiger charge is 2.26. The average molecular weight is 362 g/mol. The SMILES string of the molecule is COc1cc(C)ccc1CN=C(N)N1CCN(C(=O)OC(C)(C)C)CC1. The van der Waals surface area contributed by atoms with Gasteiger partial charge < -0.3 is 25.0 Å². The Bertz CT molecular complexity index is 659. The lowest BCUT2D eigenvalue weighted by Gasteiger charge is -2.36. The number of nitrogens with zero attached hydrogens (tertiary/aromatic N) is 3. The van der Waals surface area contributed by atoms with Crippen molar-refractivity contribution in [2.75, 3.05) is 33.3 Å². The maximum absolute atomic E-state index is 12.1. The first-order valence-corrected chi connectivity index (χ1v) is 8.86. The van der Waals surface area contributed by atoms with E-state index in [0.29, 0.717) is 38.7 Å². The van der Waals surface area contributed by atoms with Crippen LogP contribution in [0, 0.1) is 6.92 Å². The van der Waals surface area contributed by atoms with Crippen LogP contribution in [0.4, 0.5) is 4.79 Å². The van der Waals surface area contributed by atoms with Gasteiger partial charge in [0, 0.05) is 31.7 Å². The first-order chi connectivity index (χ1) is 12.2. The van der Waals surface area contributed by atoms with E-state index < -0.39 is 5.60 Å². The number of ether oxygens (including phenoxy) is 2. The Balaban J connectivity index is 1.91. The number of amides is 1. The van der Waals surface area contributed by atoms with Crippen LogP contribution in [0.15, 0.2) is 23.2 Å². The normalized spacial score (nSPS) is 15.8. The van der Waals surface area contributed by atoms with Crippen molar-refractivity contribution >= 4 is 12.1 Å². The number of piperazine rings is 1. The van der Waals surface area contributed by atoms with E-state index in [-0.39, 0.29) is 6.09 Å². The van der Waals surface area contributed by atoms with Gasteiger partial charge in [0.25, 0.3) is 0 Å². The molecule has 1 heterocycles. The van der Waals surface area contributed by atoms with Gasteiger partial charge in [0.2, 0.25) is 0 Å². The van der Waals surface area contributed by atoms with Gasteiger partial charge >= 0.3 is 6.09 Å². The molecule has 26 heavy (non-hydrogen) atoms. The number of aliphatic imine (C=N–C) groups is 1. The Hall–Kier alpha value is -2.44. The summed E-state index contributed by atoms with van der Waals surface area (Å²) in [5.41, 5.74) is 7.79. The monoisotopic (exact) mass is 362 g/mol. The summed E-state index contributed by atoms with van der Waals surface area (Å²) in [6.07, 6.45) is -0.281. The first-order valence-electron chi connectivity index (χ1n) is 8.86. The Kier molecular flexibility index (Phi) is 6.34. The van der Waals surface area contributed by atoms with Crippen molar-refractivity contribution in [2.24, 2.45) is 10.7 Å². The number of carbonyl (C=O) groups is 1. The van der Waals surface area contributed by atoms with E-state index in [2.05, 4.69) is 4.99 Å². The first kappa shape index (κ1) is 19.9. The zero-order chi connectivity index (χ0) is 19.3. The molecule has 1 amide bonds. The van der Waals surface area contributed by atoms with Crippen molar-refractivity contribution in [3.05, 3.63) is 29.3 Å². The van der Waals surface area contributed by atoms with Crippen LogP contribution >= 0.6 is 0 Å². The summed E-state index contributed by atoms with van der Waals surface area (Å²) in [6, 6.07) is 6.02. The molecule has 0 saturated carbocycles. The number of hydrogen-bond donors (Lipinski definition) is 1. The van der Waals surface area contributed by atoms with E-state index in [1.165, 1.54) is 0 Å². The molecule has 1 aliphatic rings. The molecule has 1 fully saturated rings. The minimum Gasteiger partial charge on any atom is -0.496 e. The second-order valence-electron chi connectivity index (χ2n) is 7.44. The molecule has 1 aromatic rings. The van der Waals surface area contributed by atoms with E-state index in [1.54, 1.807) is 12.0 Å². The minimum atomic E-state index is -0.484. The summed E-state index contributed by atoms with van der Waals surface area (Å²) in [4.78, 5) is 20.3. The van der Waals surface area contributed by atoms with E-state index >= 15 is 0 Å². The van der Waals surface area contributed by atoms with Crippen molar-refractivity contribution < 1.29 is 14.3 Å². The highest BCUT2D eigenvalue weighted by molar-refractivity contribution is 5.78. The minimum absolute atomic E-state index is 0.281. The third-order valence-electron chi connectivity index (χ3n) is 4.11. The molecule has 1 aliphatic heterocycles. The Morgan fingerprint density at radius 3 is 2.38 bits per heavy atom. The van der Waals surface area contributed by atoms with Crippen LogP contribution in [-0.2, 0) is 11.3 Å². The third kappa shape index (κ3) is 5.54. The summed E-state index contributed by atoms with van der Waals surface area (Å²) in [5, 5.41) is 0. The fourth-order valence-electron chi connectivity index (χ4n) is 2.69. The van der Waals surface area contributed by atoms with Crippen LogP contribution < -0.4 is 10.5 Å². The maximum atomic E-state index is 12.1. The molecular weight excluding hydrogens is 332 g/mol. The molecule has 0 atom stereocenters. The van der Waals surface area contributed by atoms with Gasteiger partial charge in [-0.25, -0.2) is 9.79 Å². The topological polar surface area (TPSA) is 80.4 Å². The van der Waals surface area contributed by atoms with Crippen molar-refractivity contribution in [3.8, 4) is 5.75 Å². The second kappa shape index (κ2) is 8.29. The van der Waals surface area contributed by atoms with Crippen LogP contribution in [-0.4, -0.2) is 60.7 Å². The summed E-state index contributed by atoms with van der Waals surface area (Å²) >= 11 is 0. The van der Waals surface area contributed by atoms with E-state index in [1.807, 2.05) is 50.8 Å². The van der Waals surface area contributed by atoms with Crippen molar-refractivity contribution in [2.45, 2.75) is 39.8 Å². The second-order valence-corrected chi connectivity index (χ2v) is 7.44. The Morgan fingerprint density at radius 2 is 1.81 bits per heavy atom.